The summed E-state index contributed by atoms with van der Waals surface area (Å²) in [6, 6.07) is 0.233. The molecule has 0 spiro atoms. The molecule has 1 fully saturated rings. The van der Waals surface area contributed by atoms with Gasteiger partial charge in [0.1, 0.15) is 0 Å². The number of piperazine rings is 1. The molecule has 0 saturated carbocycles. The fraction of sp³-hybridized carbons (Fsp3) is 0.941. The second-order valence-electron chi connectivity index (χ2n) is 7.39. The Morgan fingerprint density at radius 3 is 2.17 bits per heavy atom. The van der Waals surface area contributed by atoms with Crippen molar-refractivity contribution < 1.29 is 9.90 Å². The van der Waals surface area contributed by atoms with Crippen LogP contribution in [-0.2, 0) is 0 Å². The Morgan fingerprint density at radius 2 is 1.65 bits per heavy atom. The third-order valence-corrected chi connectivity index (χ3v) is 4.74. The molecule has 0 radical (unpaired) electrons. The van der Waals surface area contributed by atoms with Crippen LogP contribution in [-0.4, -0.2) is 79.4 Å². The van der Waals surface area contributed by atoms with E-state index in [0.29, 0.717) is 31.5 Å². The molecule has 1 aliphatic rings. The second-order valence-corrected chi connectivity index (χ2v) is 7.39. The van der Waals surface area contributed by atoms with Crippen molar-refractivity contribution in [2.24, 2.45) is 11.8 Å². The van der Waals surface area contributed by atoms with Crippen molar-refractivity contribution in [3.8, 4) is 0 Å². The zero-order valence-corrected chi connectivity index (χ0v) is 15.5. The van der Waals surface area contributed by atoms with Crippen LogP contribution in [0.1, 0.15) is 34.1 Å². The van der Waals surface area contributed by atoms with Gasteiger partial charge in [0.2, 0.25) is 0 Å². The Bertz CT molecular complexity index is 341. The van der Waals surface area contributed by atoms with Crippen molar-refractivity contribution in [3.63, 3.8) is 0 Å². The monoisotopic (exact) mass is 328 g/mol. The molecule has 136 valence electrons. The highest BCUT2D eigenvalue weighted by Gasteiger charge is 2.25. The van der Waals surface area contributed by atoms with E-state index in [0.717, 1.165) is 26.2 Å². The molecule has 0 aromatic rings. The average Bonchev–Trinajstić information content (AvgIpc) is 2.48. The summed E-state index contributed by atoms with van der Waals surface area (Å²) >= 11 is 0. The van der Waals surface area contributed by atoms with Crippen LogP contribution in [0.25, 0.3) is 0 Å². The largest absolute Gasteiger partial charge is 0.393 e. The molecule has 2 unspecified atom stereocenters. The van der Waals surface area contributed by atoms with E-state index in [-0.39, 0.29) is 18.1 Å². The van der Waals surface area contributed by atoms with Crippen molar-refractivity contribution >= 4 is 6.03 Å². The summed E-state index contributed by atoms with van der Waals surface area (Å²) in [5, 5.41) is 15.6. The summed E-state index contributed by atoms with van der Waals surface area (Å²) in [4.78, 5) is 16.7. The highest BCUT2D eigenvalue weighted by Crippen LogP contribution is 2.12. The van der Waals surface area contributed by atoms with Gasteiger partial charge < -0.3 is 20.6 Å². The maximum Gasteiger partial charge on any atom is 0.314 e. The number of carbonyl (C=O) groups excluding carboxylic acids is 1. The molecule has 2 atom stereocenters. The summed E-state index contributed by atoms with van der Waals surface area (Å²) in [6.45, 7) is 13.8. The minimum absolute atomic E-state index is 0.138. The van der Waals surface area contributed by atoms with Gasteiger partial charge in [-0.2, -0.15) is 0 Å². The van der Waals surface area contributed by atoms with Gasteiger partial charge in [0.05, 0.1) is 6.10 Å². The quantitative estimate of drug-likeness (QED) is 0.621. The number of nitrogens with one attached hydrogen (secondary N) is 2. The first-order valence-corrected chi connectivity index (χ1v) is 8.93. The van der Waals surface area contributed by atoms with E-state index < -0.39 is 0 Å². The van der Waals surface area contributed by atoms with Crippen molar-refractivity contribution in [3.05, 3.63) is 0 Å². The number of nitrogens with zero attached hydrogens (tertiary/aromatic N) is 2. The van der Waals surface area contributed by atoms with E-state index in [4.69, 9.17) is 0 Å². The first kappa shape index (κ1) is 20.2. The normalized spacial score (nSPS) is 19.8. The lowest BCUT2D eigenvalue weighted by molar-refractivity contribution is 0.0886. The fourth-order valence-corrected chi connectivity index (χ4v) is 2.87. The second kappa shape index (κ2) is 10.1. The van der Waals surface area contributed by atoms with Crippen molar-refractivity contribution in [1.82, 2.24) is 20.4 Å². The molecule has 3 N–H and O–H groups in total. The molecule has 1 rings (SSSR count). The van der Waals surface area contributed by atoms with Crippen LogP contribution < -0.4 is 10.6 Å². The van der Waals surface area contributed by atoms with Gasteiger partial charge in [-0.3, -0.25) is 4.90 Å². The molecule has 1 aliphatic heterocycles. The zero-order chi connectivity index (χ0) is 17.4. The van der Waals surface area contributed by atoms with Crippen LogP contribution in [0.3, 0.4) is 0 Å². The predicted octanol–water partition coefficient (Wildman–Crippen LogP) is 0.965. The van der Waals surface area contributed by atoms with Gasteiger partial charge in [0.25, 0.3) is 0 Å². The molecule has 0 aromatic carbocycles. The number of amides is 2. The Balaban J connectivity index is 2.30. The fourth-order valence-electron chi connectivity index (χ4n) is 2.87. The van der Waals surface area contributed by atoms with Crippen molar-refractivity contribution in [2.75, 3.05) is 46.3 Å². The molecule has 1 saturated heterocycles. The molecule has 0 aliphatic carbocycles. The summed E-state index contributed by atoms with van der Waals surface area (Å²) in [6.07, 6.45) is 0.237. The number of carbonyl (C=O) groups is 1. The van der Waals surface area contributed by atoms with Crippen LogP contribution in [0.4, 0.5) is 4.79 Å². The SMILES string of the molecule is CC(C)C(O)CCNC(=O)NCC(C(C)C)N1CCN(C)CC1. The Morgan fingerprint density at radius 1 is 1.04 bits per heavy atom. The highest BCUT2D eigenvalue weighted by molar-refractivity contribution is 5.73. The standard InChI is InChI=1S/C17H36N4O2/c1-13(2)15(21-10-8-20(5)9-11-21)12-19-17(23)18-7-6-16(22)14(3)4/h13-16,22H,6-12H2,1-5H3,(H2,18,19,23). The number of likely N-dealkylation sites (N-methyl/N-ethyl adjacent to an activating group) is 1. The lowest BCUT2D eigenvalue weighted by atomic mass is 10.0. The molecule has 6 heteroatoms. The van der Waals surface area contributed by atoms with Crippen molar-refractivity contribution in [2.45, 2.75) is 46.3 Å². The van der Waals surface area contributed by atoms with E-state index in [2.05, 4.69) is 41.3 Å². The third kappa shape index (κ3) is 7.50. The van der Waals surface area contributed by atoms with Gasteiger partial charge in [-0.1, -0.05) is 27.7 Å². The number of aliphatic hydroxyl groups excluding tert-OH is 1. The Kier molecular flexibility index (Phi) is 8.87. The Labute approximate surface area is 141 Å². The molecular weight excluding hydrogens is 292 g/mol. The number of rotatable bonds is 8. The Hall–Kier alpha value is -0.850. The molecule has 23 heavy (non-hydrogen) atoms. The summed E-state index contributed by atoms with van der Waals surface area (Å²) in [5.41, 5.74) is 0. The summed E-state index contributed by atoms with van der Waals surface area (Å²) in [7, 11) is 2.15. The first-order valence-electron chi connectivity index (χ1n) is 8.93. The van der Waals surface area contributed by atoms with Crippen LogP contribution >= 0.6 is 0 Å². The molecule has 6 nitrogen and oxygen atoms in total. The number of aliphatic hydroxyl groups is 1. The van der Waals surface area contributed by atoms with E-state index in [1.807, 2.05) is 13.8 Å². The van der Waals surface area contributed by atoms with E-state index >= 15 is 0 Å². The summed E-state index contributed by atoms with van der Waals surface area (Å²) in [5.74, 6) is 0.726. The van der Waals surface area contributed by atoms with E-state index in [1.165, 1.54) is 0 Å². The topological polar surface area (TPSA) is 67.8 Å². The minimum atomic E-state index is -0.357. The van der Waals surface area contributed by atoms with Gasteiger partial charge in [-0.15, -0.1) is 0 Å². The maximum absolute atomic E-state index is 11.9. The number of urea groups is 1. The van der Waals surface area contributed by atoms with Crippen molar-refractivity contribution in [1.29, 1.82) is 0 Å². The maximum atomic E-state index is 11.9. The van der Waals surface area contributed by atoms with Gasteiger partial charge in [-0.25, -0.2) is 4.79 Å². The number of hydrogen-bond donors (Lipinski definition) is 3. The molecular formula is C17H36N4O2. The number of hydrogen-bond acceptors (Lipinski definition) is 4. The molecule has 0 aromatic heterocycles. The van der Waals surface area contributed by atoms with Crippen LogP contribution in [0.15, 0.2) is 0 Å². The minimum Gasteiger partial charge on any atom is -0.393 e. The van der Waals surface area contributed by atoms with E-state index in [9.17, 15) is 9.90 Å². The summed E-state index contributed by atoms with van der Waals surface area (Å²) < 4.78 is 0. The van der Waals surface area contributed by atoms with E-state index in [1.54, 1.807) is 0 Å². The van der Waals surface area contributed by atoms with Gasteiger partial charge in [0, 0.05) is 45.3 Å². The van der Waals surface area contributed by atoms with Crippen LogP contribution in [0.5, 0.6) is 0 Å². The smallest absolute Gasteiger partial charge is 0.314 e. The predicted molar refractivity (Wildman–Crippen MR) is 94.6 cm³/mol. The third-order valence-electron chi connectivity index (χ3n) is 4.74. The molecule has 1 heterocycles. The highest BCUT2D eigenvalue weighted by atomic mass is 16.3. The lowest BCUT2D eigenvalue weighted by Crippen LogP contribution is -2.55. The van der Waals surface area contributed by atoms with Gasteiger partial charge in [0.15, 0.2) is 0 Å². The first-order chi connectivity index (χ1) is 10.8. The lowest BCUT2D eigenvalue weighted by Gasteiger charge is -2.39. The van der Waals surface area contributed by atoms with Crippen LogP contribution in [0, 0.1) is 11.8 Å². The van der Waals surface area contributed by atoms with Gasteiger partial charge >= 0.3 is 6.03 Å². The zero-order valence-electron chi connectivity index (χ0n) is 15.5. The van der Waals surface area contributed by atoms with Gasteiger partial charge in [-0.05, 0) is 25.3 Å². The molecule has 2 amide bonds. The van der Waals surface area contributed by atoms with Crippen LogP contribution in [0.2, 0.25) is 0 Å². The molecule has 0 bridgehead atoms. The average molecular weight is 329 g/mol.